The molecule has 0 unspecified atom stereocenters. The zero-order chi connectivity index (χ0) is 21.0. The molecule has 6 heteroatoms. The molecular weight excluding hydrogens is 374 g/mol. The number of nitrogens with zero attached hydrogens (tertiary/aromatic N) is 3. The SMILES string of the molecule is CN=C(NCCCN1CCCCCC1)NCc1ccc(Cn2ccccc2=O)cc1. The van der Waals surface area contributed by atoms with E-state index in [1.165, 1.54) is 44.3 Å². The van der Waals surface area contributed by atoms with Crippen LogP contribution in [0.4, 0.5) is 0 Å². The number of hydrogen-bond donors (Lipinski definition) is 2. The van der Waals surface area contributed by atoms with E-state index in [9.17, 15) is 4.79 Å². The first-order valence-electron chi connectivity index (χ1n) is 11.1. The summed E-state index contributed by atoms with van der Waals surface area (Å²) in [5.74, 6) is 0.839. The maximum Gasteiger partial charge on any atom is 0.250 e. The first kappa shape index (κ1) is 22.1. The molecule has 0 spiro atoms. The Balaban J connectivity index is 1.38. The molecule has 1 aliphatic heterocycles. The van der Waals surface area contributed by atoms with Gasteiger partial charge in [0.1, 0.15) is 0 Å². The molecule has 6 nitrogen and oxygen atoms in total. The van der Waals surface area contributed by atoms with Crippen LogP contribution < -0.4 is 16.2 Å². The average molecular weight is 410 g/mol. The normalized spacial score (nSPS) is 15.6. The Kier molecular flexibility index (Phi) is 8.97. The fraction of sp³-hybridized carbons (Fsp3) is 0.500. The van der Waals surface area contributed by atoms with Crippen LogP contribution in [0.3, 0.4) is 0 Å². The number of nitrogens with one attached hydrogen (secondary N) is 2. The molecule has 1 fully saturated rings. The lowest BCUT2D eigenvalue weighted by Gasteiger charge is -2.20. The van der Waals surface area contributed by atoms with Crippen molar-refractivity contribution < 1.29 is 0 Å². The van der Waals surface area contributed by atoms with Crippen molar-refractivity contribution in [1.82, 2.24) is 20.1 Å². The highest BCUT2D eigenvalue weighted by Gasteiger charge is 2.08. The van der Waals surface area contributed by atoms with Gasteiger partial charge in [-0.3, -0.25) is 9.79 Å². The van der Waals surface area contributed by atoms with Crippen molar-refractivity contribution in [3.63, 3.8) is 0 Å². The molecule has 0 radical (unpaired) electrons. The summed E-state index contributed by atoms with van der Waals surface area (Å²) in [4.78, 5) is 18.8. The van der Waals surface area contributed by atoms with Gasteiger partial charge in [-0.25, -0.2) is 0 Å². The largest absolute Gasteiger partial charge is 0.356 e. The topological polar surface area (TPSA) is 61.7 Å². The van der Waals surface area contributed by atoms with Crippen molar-refractivity contribution in [3.8, 4) is 0 Å². The van der Waals surface area contributed by atoms with Crippen LogP contribution in [-0.2, 0) is 13.1 Å². The molecule has 2 aromatic rings. The molecule has 0 aliphatic carbocycles. The van der Waals surface area contributed by atoms with Gasteiger partial charge in [-0.1, -0.05) is 43.2 Å². The number of aliphatic imine (C=N–C) groups is 1. The van der Waals surface area contributed by atoms with Crippen molar-refractivity contribution in [2.45, 2.75) is 45.2 Å². The van der Waals surface area contributed by atoms with E-state index < -0.39 is 0 Å². The fourth-order valence-corrected chi connectivity index (χ4v) is 3.83. The number of hydrogen-bond acceptors (Lipinski definition) is 3. The van der Waals surface area contributed by atoms with Crippen molar-refractivity contribution >= 4 is 5.96 Å². The third-order valence-electron chi connectivity index (χ3n) is 5.60. The van der Waals surface area contributed by atoms with Crippen LogP contribution in [-0.4, -0.2) is 48.7 Å². The first-order valence-corrected chi connectivity index (χ1v) is 11.1. The lowest BCUT2D eigenvalue weighted by molar-refractivity contribution is 0.282. The number of rotatable bonds is 8. The molecule has 30 heavy (non-hydrogen) atoms. The van der Waals surface area contributed by atoms with Gasteiger partial charge >= 0.3 is 0 Å². The van der Waals surface area contributed by atoms with Gasteiger partial charge in [0.2, 0.25) is 0 Å². The molecule has 0 amide bonds. The van der Waals surface area contributed by atoms with E-state index in [1.807, 2.05) is 19.3 Å². The van der Waals surface area contributed by atoms with Gasteiger partial charge in [0.25, 0.3) is 5.56 Å². The molecule has 162 valence electrons. The number of guanidine groups is 1. The Bertz CT molecular complexity index is 835. The molecular formula is C24H35N5O. The summed E-state index contributed by atoms with van der Waals surface area (Å²) in [5, 5.41) is 6.80. The molecule has 2 N–H and O–H groups in total. The minimum absolute atomic E-state index is 0.0222. The van der Waals surface area contributed by atoms with Gasteiger partial charge in [0.05, 0.1) is 6.54 Å². The quantitative estimate of drug-likeness (QED) is 0.400. The van der Waals surface area contributed by atoms with Crippen molar-refractivity contribution in [3.05, 3.63) is 70.1 Å². The minimum atomic E-state index is 0.0222. The molecule has 0 saturated carbocycles. The second-order valence-electron chi connectivity index (χ2n) is 7.95. The highest BCUT2D eigenvalue weighted by Crippen LogP contribution is 2.09. The van der Waals surface area contributed by atoms with E-state index in [1.54, 1.807) is 16.7 Å². The standard InChI is InChI=1S/C24H35N5O/c1-25-24(26-14-8-17-28-15-5-2-3-6-16-28)27-19-21-10-12-22(13-11-21)20-29-18-7-4-9-23(29)30/h4,7,9-13,18H,2-3,5-6,8,14-17,19-20H2,1H3,(H2,25,26,27). The highest BCUT2D eigenvalue weighted by atomic mass is 16.1. The monoisotopic (exact) mass is 409 g/mol. The summed E-state index contributed by atoms with van der Waals surface area (Å²) in [6, 6.07) is 13.6. The van der Waals surface area contributed by atoms with Crippen molar-refractivity contribution in [2.75, 3.05) is 33.2 Å². The summed E-state index contributed by atoms with van der Waals surface area (Å²) >= 11 is 0. The van der Waals surface area contributed by atoms with Gasteiger partial charge in [0, 0.05) is 32.4 Å². The number of aromatic nitrogens is 1. The molecule has 1 aromatic carbocycles. The van der Waals surface area contributed by atoms with Crippen LogP contribution in [0.5, 0.6) is 0 Å². The minimum Gasteiger partial charge on any atom is -0.356 e. The van der Waals surface area contributed by atoms with E-state index in [-0.39, 0.29) is 5.56 Å². The average Bonchev–Trinajstić information content (AvgIpc) is 3.05. The lowest BCUT2D eigenvalue weighted by Crippen LogP contribution is -2.38. The Hall–Kier alpha value is -2.60. The van der Waals surface area contributed by atoms with Gasteiger partial charge in [-0.05, 0) is 56.1 Å². The molecule has 2 heterocycles. The predicted octanol–water partition coefficient (Wildman–Crippen LogP) is 2.83. The highest BCUT2D eigenvalue weighted by molar-refractivity contribution is 5.79. The second-order valence-corrected chi connectivity index (χ2v) is 7.95. The number of pyridine rings is 1. The van der Waals surface area contributed by atoms with E-state index in [0.29, 0.717) is 6.54 Å². The summed E-state index contributed by atoms with van der Waals surface area (Å²) in [6.07, 6.45) is 8.41. The lowest BCUT2D eigenvalue weighted by atomic mass is 10.1. The van der Waals surface area contributed by atoms with Gasteiger partial charge < -0.3 is 20.1 Å². The van der Waals surface area contributed by atoms with Gasteiger partial charge in [0.15, 0.2) is 5.96 Å². The fourth-order valence-electron chi connectivity index (χ4n) is 3.83. The van der Waals surface area contributed by atoms with Crippen LogP contribution in [0, 0.1) is 0 Å². The zero-order valence-electron chi connectivity index (χ0n) is 18.1. The van der Waals surface area contributed by atoms with Crippen LogP contribution in [0.25, 0.3) is 0 Å². The van der Waals surface area contributed by atoms with E-state index in [4.69, 9.17) is 0 Å². The summed E-state index contributed by atoms with van der Waals surface area (Å²) < 4.78 is 1.71. The van der Waals surface area contributed by atoms with Crippen LogP contribution in [0.15, 0.2) is 58.4 Å². The number of benzene rings is 1. The predicted molar refractivity (Wildman–Crippen MR) is 124 cm³/mol. The molecule has 1 aromatic heterocycles. The van der Waals surface area contributed by atoms with Gasteiger partial charge in [-0.2, -0.15) is 0 Å². The summed E-state index contributed by atoms with van der Waals surface area (Å²) in [6.45, 7) is 5.91. The first-order chi connectivity index (χ1) is 14.7. The third-order valence-corrected chi connectivity index (χ3v) is 5.60. The Morgan fingerprint density at radius 2 is 1.70 bits per heavy atom. The number of likely N-dealkylation sites (tertiary alicyclic amines) is 1. The summed E-state index contributed by atoms with van der Waals surface area (Å²) in [7, 11) is 1.81. The van der Waals surface area contributed by atoms with Crippen LogP contribution in [0.2, 0.25) is 0 Å². The molecule has 3 rings (SSSR count). The van der Waals surface area contributed by atoms with Crippen molar-refractivity contribution in [1.29, 1.82) is 0 Å². The van der Waals surface area contributed by atoms with E-state index in [2.05, 4.69) is 44.8 Å². The Labute approximate surface area is 180 Å². The van der Waals surface area contributed by atoms with E-state index >= 15 is 0 Å². The molecule has 0 bridgehead atoms. The second kappa shape index (κ2) is 12.2. The van der Waals surface area contributed by atoms with Crippen molar-refractivity contribution in [2.24, 2.45) is 4.99 Å². The molecule has 0 atom stereocenters. The third kappa shape index (κ3) is 7.34. The maximum absolute atomic E-state index is 11.8. The summed E-state index contributed by atoms with van der Waals surface area (Å²) in [5.41, 5.74) is 2.32. The Morgan fingerprint density at radius 1 is 0.967 bits per heavy atom. The molecule has 1 aliphatic rings. The zero-order valence-corrected chi connectivity index (χ0v) is 18.1. The van der Waals surface area contributed by atoms with E-state index in [0.717, 1.165) is 37.6 Å². The molecule has 1 saturated heterocycles. The van der Waals surface area contributed by atoms with Crippen LogP contribution >= 0.6 is 0 Å². The van der Waals surface area contributed by atoms with Gasteiger partial charge in [-0.15, -0.1) is 0 Å². The maximum atomic E-state index is 11.8. The van der Waals surface area contributed by atoms with Crippen LogP contribution in [0.1, 0.15) is 43.2 Å². The Morgan fingerprint density at radius 3 is 2.40 bits per heavy atom. The smallest absolute Gasteiger partial charge is 0.250 e.